The summed E-state index contributed by atoms with van der Waals surface area (Å²) < 4.78 is 5.52. The van der Waals surface area contributed by atoms with Crippen LogP contribution in [-0.4, -0.2) is 41.6 Å². The fourth-order valence-corrected chi connectivity index (χ4v) is 2.65. The first kappa shape index (κ1) is 16.3. The Hall–Kier alpha value is -2.04. The molecule has 0 atom stereocenters. The lowest BCUT2D eigenvalue weighted by Gasteiger charge is -2.30. The van der Waals surface area contributed by atoms with Crippen LogP contribution in [0.2, 0.25) is 0 Å². The number of carboxylic acids is 1. The van der Waals surface area contributed by atoms with Gasteiger partial charge in [0.2, 0.25) is 0 Å². The number of aryl methyl sites for hydroxylation is 1. The molecule has 1 fully saturated rings. The van der Waals surface area contributed by atoms with Gasteiger partial charge in [-0.25, -0.2) is 0 Å². The number of rotatable bonds is 6. The summed E-state index contributed by atoms with van der Waals surface area (Å²) in [5.41, 5.74) is 1.26. The molecule has 1 aromatic carbocycles. The van der Waals surface area contributed by atoms with Gasteiger partial charge in [-0.1, -0.05) is 25.5 Å². The first-order valence-electron chi connectivity index (χ1n) is 7.82. The van der Waals surface area contributed by atoms with Crippen molar-refractivity contribution in [1.82, 2.24) is 4.90 Å². The van der Waals surface area contributed by atoms with Crippen LogP contribution in [0.15, 0.2) is 24.3 Å². The summed E-state index contributed by atoms with van der Waals surface area (Å²) in [5, 5.41) is 8.95. The number of benzene rings is 1. The Morgan fingerprint density at radius 3 is 2.41 bits per heavy atom. The Morgan fingerprint density at radius 1 is 1.23 bits per heavy atom. The molecule has 22 heavy (non-hydrogen) atoms. The summed E-state index contributed by atoms with van der Waals surface area (Å²) in [4.78, 5) is 24.6. The number of piperidine rings is 1. The van der Waals surface area contributed by atoms with Gasteiger partial charge in [0.15, 0.2) is 6.61 Å². The number of carbonyl (C=O) groups is 2. The average molecular weight is 305 g/mol. The van der Waals surface area contributed by atoms with Crippen molar-refractivity contribution in [3.63, 3.8) is 0 Å². The van der Waals surface area contributed by atoms with Crippen LogP contribution in [0.4, 0.5) is 0 Å². The summed E-state index contributed by atoms with van der Waals surface area (Å²) in [5.74, 6) is -0.485. The molecule has 0 bridgehead atoms. The van der Waals surface area contributed by atoms with Gasteiger partial charge in [-0.2, -0.15) is 0 Å². The van der Waals surface area contributed by atoms with E-state index >= 15 is 0 Å². The number of hydrogen-bond acceptors (Lipinski definition) is 3. The van der Waals surface area contributed by atoms with Gasteiger partial charge in [-0.05, 0) is 37.0 Å². The van der Waals surface area contributed by atoms with Gasteiger partial charge in [-0.15, -0.1) is 0 Å². The lowest BCUT2D eigenvalue weighted by atomic mass is 9.97. The van der Waals surface area contributed by atoms with E-state index in [-0.39, 0.29) is 18.4 Å². The first-order chi connectivity index (χ1) is 10.6. The van der Waals surface area contributed by atoms with Crippen LogP contribution in [-0.2, 0) is 16.0 Å². The molecular weight excluding hydrogens is 282 g/mol. The predicted molar refractivity (Wildman–Crippen MR) is 82.9 cm³/mol. The predicted octanol–water partition coefficient (Wildman–Crippen LogP) is 2.34. The monoisotopic (exact) mass is 305 g/mol. The van der Waals surface area contributed by atoms with E-state index in [1.54, 1.807) is 4.90 Å². The van der Waals surface area contributed by atoms with Crippen molar-refractivity contribution in [2.45, 2.75) is 32.6 Å². The van der Waals surface area contributed by atoms with Crippen molar-refractivity contribution in [2.75, 3.05) is 19.7 Å². The quantitative estimate of drug-likeness (QED) is 0.876. The van der Waals surface area contributed by atoms with Crippen LogP contribution in [0.3, 0.4) is 0 Å². The maximum Gasteiger partial charge on any atom is 0.306 e. The minimum Gasteiger partial charge on any atom is -0.484 e. The molecule has 5 nitrogen and oxygen atoms in total. The molecule has 0 unspecified atom stereocenters. The highest BCUT2D eigenvalue weighted by Gasteiger charge is 2.26. The maximum atomic E-state index is 12.1. The third-order valence-electron chi connectivity index (χ3n) is 4.02. The first-order valence-corrected chi connectivity index (χ1v) is 7.82. The van der Waals surface area contributed by atoms with Gasteiger partial charge in [-0.3, -0.25) is 9.59 Å². The number of hydrogen-bond donors (Lipinski definition) is 1. The number of aliphatic carboxylic acids is 1. The zero-order valence-electron chi connectivity index (χ0n) is 13.0. The van der Waals surface area contributed by atoms with E-state index < -0.39 is 5.97 Å². The molecule has 1 amide bonds. The molecule has 5 heteroatoms. The molecule has 1 aliphatic rings. The Labute approximate surface area is 130 Å². The number of carbonyl (C=O) groups excluding carboxylic acids is 1. The maximum absolute atomic E-state index is 12.1. The van der Waals surface area contributed by atoms with Crippen molar-refractivity contribution in [3.8, 4) is 5.75 Å². The topological polar surface area (TPSA) is 66.8 Å². The van der Waals surface area contributed by atoms with E-state index in [4.69, 9.17) is 9.84 Å². The normalized spacial score (nSPS) is 15.6. The van der Waals surface area contributed by atoms with Crippen LogP contribution in [0, 0.1) is 5.92 Å². The SMILES string of the molecule is CCCc1ccc(OCC(=O)N2CCC(C(=O)O)CC2)cc1. The molecular formula is C17H23NO4. The van der Waals surface area contributed by atoms with Gasteiger partial charge in [0, 0.05) is 13.1 Å². The lowest BCUT2D eigenvalue weighted by Crippen LogP contribution is -2.42. The third-order valence-corrected chi connectivity index (χ3v) is 4.02. The van der Waals surface area contributed by atoms with Crippen LogP contribution < -0.4 is 4.74 Å². The molecule has 1 aliphatic heterocycles. The van der Waals surface area contributed by atoms with Gasteiger partial charge in [0.05, 0.1) is 5.92 Å². The Kier molecular flexibility index (Phi) is 5.81. The van der Waals surface area contributed by atoms with Crippen LogP contribution in [0.25, 0.3) is 0 Å². The zero-order valence-corrected chi connectivity index (χ0v) is 13.0. The van der Waals surface area contributed by atoms with Crippen molar-refractivity contribution >= 4 is 11.9 Å². The van der Waals surface area contributed by atoms with E-state index in [1.165, 1.54) is 5.56 Å². The van der Waals surface area contributed by atoms with E-state index in [0.717, 1.165) is 12.8 Å². The molecule has 2 rings (SSSR count). The fourth-order valence-electron chi connectivity index (χ4n) is 2.65. The molecule has 1 aromatic rings. The van der Waals surface area contributed by atoms with Crippen molar-refractivity contribution < 1.29 is 19.4 Å². The van der Waals surface area contributed by atoms with Gasteiger partial charge >= 0.3 is 5.97 Å². The number of carboxylic acid groups (broad SMARTS) is 1. The Balaban J connectivity index is 1.77. The van der Waals surface area contributed by atoms with Gasteiger partial charge in [0.25, 0.3) is 5.91 Å². The zero-order chi connectivity index (χ0) is 15.9. The molecule has 0 radical (unpaired) electrons. The number of likely N-dealkylation sites (tertiary alicyclic amines) is 1. The van der Waals surface area contributed by atoms with Crippen LogP contribution in [0.5, 0.6) is 5.75 Å². The van der Waals surface area contributed by atoms with E-state index in [0.29, 0.717) is 31.7 Å². The molecule has 0 spiro atoms. The highest BCUT2D eigenvalue weighted by atomic mass is 16.5. The standard InChI is InChI=1S/C17H23NO4/c1-2-3-13-4-6-15(7-5-13)22-12-16(19)18-10-8-14(9-11-18)17(20)21/h4-7,14H,2-3,8-12H2,1H3,(H,20,21). The summed E-state index contributed by atoms with van der Waals surface area (Å²) in [6.07, 6.45) is 3.18. The molecule has 120 valence electrons. The second kappa shape index (κ2) is 7.82. The number of nitrogens with zero attached hydrogens (tertiary/aromatic N) is 1. The minimum absolute atomic E-state index is 0.00482. The highest BCUT2D eigenvalue weighted by Crippen LogP contribution is 2.18. The molecule has 0 aromatic heterocycles. The highest BCUT2D eigenvalue weighted by molar-refractivity contribution is 5.78. The van der Waals surface area contributed by atoms with E-state index in [2.05, 4.69) is 6.92 Å². The van der Waals surface area contributed by atoms with E-state index in [1.807, 2.05) is 24.3 Å². The summed E-state index contributed by atoms with van der Waals surface area (Å²) in [6, 6.07) is 7.80. The molecule has 1 saturated heterocycles. The van der Waals surface area contributed by atoms with E-state index in [9.17, 15) is 9.59 Å². The van der Waals surface area contributed by atoms with Crippen LogP contribution in [0.1, 0.15) is 31.7 Å². The van der Waals surface area contributed by atoms with Crippen molar-refractivity contribution in [3.05, 3.63) is 29.8 Å². The van der Waals surface area contributed by atoms with Crippen molar-refractivity contribution in [1.29, 1.82) is 0 Å². The second-order valence-electron chi connectivity index (χ2n) is 5.68. The van der Waals surface area contributed by atoms with Crippen LogP contribution >= 0.6 is 0 Å². The summed E-state index contributed by atoms with van der Waals surface area (Å²) >= 11 is 0. The summed E-state index contributed by atoms with van der Waals surface area (Å²) in [6.45, 7) is 3.13. The lowest BCUT2D eigenvalue weighted by molar-refractivity contribution is -0.146. The van der Waals surface area contributed by atoms with Gasteiger partial charge < -0.3 is 14.7 Å². The molecule has 0 aliphatic carbocycles. The number of amides is 1. The Morgan fingerprint density at radius 2 is 1.86 bits per heavy atom. The second-order valence-corrected chi connectivity index (χ2v) is 5.68. The minimum atomic E-state index is -0.768. The average Bonchev–Trinajstić information content (AvgIpc) is 2.54. The largest absolute Gasteiger partial charge is 0.484 e. The fraction of sp³-hybridized carbons (Fsp3) is 0.529. The van der Waals surface area contributed by atoms with Gasteiger partial charge in [0.1, 0.15) is 5.75 Å². The Bertz CT molecular complexity index is 504. The smallest absolute Gasteiger partial charge is 0.306 e. The molecule has 0 saturated carbocycles. The molecule has 1 N–H and O–H groups in total. The summed E-state index contributed by atoms with van der Waals surface area (Å²) in [7, 11) is 0. The van der Waals surface area contributed by atoms with Crippen molar-refractivity contribution in [2.24, 2.45) is 5.92 Å². The molecule has 1 heterocycles. The third kappa shape index (κ3) is 4.48. The number of ether oxygens (including phenoxy) is 1.